The molecule has 0 spiro atoms. The van der Waals surface area contributed by atoms with E-state index < -0.39 is 11.4 Å². The second-order valence-electron chi connectivity index (χ2n) is 5.43. The zero-order chi connectivity index (χ0) is 14.5. The highest BCUT2D eigenvalue weighted by molar-refractivity contribution is 5.83. The molecule has 1 unspecified atom stereocenters. The SMILES string of the molecule is CC(C)c1ccccc1OCCCC(C)(N)C(N)=O. The lowest BCUT2D eigenvalue weighted by Crippen LogP contribution is -2.49. The summed E-state index contributed by atoms with van der Waals surface area (Å²) in [5.74, 6) is 0.840. The van der Waals surface area contributed by atoms with Crippen LogP contribution in [0.3, 0.4) is 0 Å². The average molecular weight is 264 g/mol. The van der Waals surface area contributed by atoms with Gasteiger partial charge in [-0.05, 0) is 37.3 Å². The predicted octanol–water partition coefficient (Wildman–Crippen LogP) is 2.17. The fourth-order valence-electron chi connectivity index (χ4n) is 1.83. The van der Waals surface area contributed by atoms with E-state index in [1.54, 1.807) is 6.92 Å². The van der Waals surface area contributed by atoms with Gasteiger partial charge in [-0.2, -0.15) is 0 Å². The molecular weight excluding hydrogens is 240 g/mol. The standard InChI is InChI=1S/C15H24N2O2/c1-11(2)12-7-4-5-8-13(12)19-10-6-9-15(3,17)14(16)18/h4-5,7-8,11H,6,9-10,17H2,1-3H3,(H2,16,18). The summed E-state index contributed by atoms with van der Waals surface area (Å²) in [6.45, 7) is 6.44. The van der Waals surface area contributed by atoms with Gasteiger partial charge < -0.3 is 16.2 Å². The molecule has 4 N–H and O–H groups in total. The van der Waals surface area contributed by atoms with Crippen molar-refractivity contribution in [3.05, 3.63) is 29.8 Å². The molecule has 0 heterocycles. The number of para-hydroxylation sites is 1. The second kappa shape index (κ2) is 6.57. The van der Waals surface area contributed by atoms with E-state index in [4.69, 9.17) is 16.2 Å². The van der Waals surface area contributed by atoms with Crippen LogP contribution < -0.4 is 16.2 Å². The van der Waals surface area contributed by atoms with Gasteiger partial charge in [0.1, 0.15) is 5.75 Å². The van der Waals surface area contributed by atoms with Crippen molar-refractivity contribution in [1.82, 2.24) is 0 Å². The molecule has 1 aromatic carbocycles. The number of nitrogens with two attached hydrogens (primary N) is 2. The third-order valence-electron chi connectivity index (χ3n) is 3.20. The van der Waals surface area contributed by atoms with E-state index >= 15 is 0 Å². The number of ether oxygens (including phenoxy) is 1. The minimum atomic E-state index is -0.957. The predicted molar refractivity (Wildman–Crippen MR) is 77.0 cm³/mol. The lowest BCUT2D eigenvalue weighted by atomic mass is 9.97. The van der Waals surface area contributed by atoms with Gasteiger partial charge in [0.25, 0.3) is 0 Å². The van der Waals surface area contributed by atoms with Crippen LogP contribution in [-0.4, -0.2) is 18.1 Å². The molecule has 0 aliphatic heterocycles. The largest absolute Gasteiger partial charge is 0.493 e. The number of carbonyl (C=O) groups is 1. The number of amides is 1. The monoisotopic (exact) mass is 264 g/mol. The van der Waals surface area contributed by atoms with Crippen LogP contribution in [0.25, 0.3) is 0 Å². The molecule has 106 valence electrons. The maximum absolute atomic E-state index is 11.1. The van der Waals surface area contributed by atoms with E-state index in [0.29, 0.717) is 25.4 Å². The maximum atomic E-state index is 11.1. The molecule has 4 nitrogen and oxygen atoms in total. The fourth-order valence-corrected chi connectivity index (χ4v) is 1.83. The zero-order valence-electron chi connectivity index (χ0n) is 12.0. The number of hydrogen-bond acceptors (Lipinski definition) is 3. The number of carbonyl (C=O) groups excluding carboxylic acids is 1. The van der Waals surface area contributed by atoms with Gasteiger partial charge in [0.15, 0.2) is 0 Å². The van der Waals surface area contributed by atoms with Crippen molar-refractivity contribution >= 4 is 5.91 Å². The highest BCUT2D eigenvalue weighted by atomic mass is 16.5. The molecule has 0 bridgehead atoms. The average Bonchev–Trinajstić information content (AvgIpc) is 2.34. The quantitative estimate of drug-likeness (QED) is 0.741. The third kappa shape index (κ3) is 4.56. The molecular formula is C15H24N2O2. The number of primary amides is 1. The first-order valence-corrected chi connectivity index (χ1v) is 6.65. The number of hydrogen-bond donors (Lipinski definition) is 2. The Morgan fingerprint density at radius 2 is 2.00 bits per heavy atom. The van der Waals surface area contributed by atoms with Gasteiger partial charge in [0, 0.05) is 0 Å². The Labute approximate surface area is 115 Å². The van der Waals surface area contributed by atoms with Crippen LogP contribution in [0.15, 0.2) is 24.3 Å². The van der Waals surface area contributed by atoms with Crippen molar-refractivity contribution in [1.29, 1.82) is 0 Å². The van der Waals surface area contributed by atoms with Crippen LogP contribution in [0.2, 0.25) is 0 Å². The zero-order valence-corrected chi connectivity index (χ0v) is 12.0. The van der Waals surface area contributed by atoms with Crippen molar-refractivity contribution in [3.8, 4) is 5.75 Å². The van der Waals surface area contributed by atoms with E-state index in [9.17, 15) is 4.79 Å². The molecule has 1 aromatic rings. The van der Waals surface area contributed by atoms with Gasteiger partial charge in [-0.3, -0.25) is 4.79 Å². The third-order valence-corrected chi connectivity index (χ3v) is 3.20. The van der Waals surface area contributed by atoms with Crippen molar-refractivity contribution in [2.24, 2.45) is 11.5 Å². The number of benzene rings is 1. The smallest absolute Gasteiger partial charge is 0.237 e. The highest BCUT2D eigenvalue weighted by Gasteiger charge is 2.24. The van der Waals surface area contributed by atoms with E-state index in [2.05, 4.69) is 19.9 Å². The van der Waals surface area contributed by atoms with E-state index in [-0.39, 0.29) is 0 Å². The molecule has 0 radical (unpaired) electrons. The van der Waals surface area contributed by atoms with E-state index in [0.717, 1.165) is 5.75 Å². The first kappa shape index (κ1) is 15.5. The Kier molecular flexibility index (Phi) is 5.36. The van der Waals surface area contributed by atoms with Gasteiger partial charge in [0.2, 0.25) is 5.91 Å². The highest BCUT2D eigenvalue weighted by Crippen LogP contribution is 2.26. The summed E-state index contributed by atoms with van der Waals surface area (Å²) in [6, 6.07) is 7.99. The van der Waals surface area contributed by atoms with Crippen LogP contribution >= 0.6 is 0 Å². The van der Waals surface area contributed by atoms with Gasteiger partial charge in [-0.25, -0.2) is 0 Å². The fraction of sp³-hybridized carbons (Fsp3) is 0.533. The van der Waals surface area contributed by atoms with E-state index in [1.165, 1.54) is 5.56 Å². The van der Waals surface area contributed by atoms with Gasteiger partial charge in [-0.15, -0.1) is 0 Å². The Morgan fingerprint density at radius 1 is 1.37 bits per heavy atom. The minimum absolute atomic E-state index is 0.418. The Balaban J connectivity index is 2.48. The molecule has 1 atom stereocenters. The van der Waals surface area contributed by atoms with Crippen LogP contribution in [0, 0.1) is 0 Å². The van der Waals surface area contributed by atoms with Gasteiger partial charge in [-0.1, -0.05) is 32.0 Å². The maximum Gasteiger partial charge on any atom is 0.237 e. The summed E-state index contributed by atoms with van der Waals surface area (Å²) in [6.07, 6.45) is 1.22. The normalized spacial score (nSPS) is 14.2. The van der Waals surface area contributed by atoms with E-state index in [1.807, 2.05) is 18.2 Å². The molecule has 0 fully saturated rings. The molecule has 19 heavy (non-hydrogen) atoms. The lowest BCUT2D eigenvalue weighted by Gasteiger charge is -2.20. The lowest BCUT2D eigenvalue weighted by molar-refractivity contribution is -0.122. The molecule has 0 aliphatic carbocycles. The van der Waals surface area contributed by atoms with Gasteiger partial charge >= 0.3 is 0 Å². The van der Waals surface area contributed by atoms with Crippen molar-refractivity contribution in [2.75, 3.05) is 6.61 Å². The molecule has 0 saturated heterocycles. The van der Waals surface area contributed by atoms with Crippen molar-refractivity contribution in [3.63, 3.8) is 0 Å². The molecule has 0 saturated carbocycles. The molecule has 0 aromatic heterocycles. The van der Waals surface area contributed by atoms with Crippen LogP contribution in [0.4, 0.5) is 0 Å². The van der Waals surface area contributed by atoms with Crippen molar-refractivity contribution in [2.45, 2.75) is 45.1 Å². The van der Waals surface area contributed by atoms with Crippen LogP contribution in [-0.2, 0) is 4.79 Å². The van der Waals surface area contributed by atoms with Crippen LogP contribution in [0.1, 0.15) is 45.1 Å². The Hall–Kier alpha value is -1.55. The van der Waals surface area contributed by atoms with Gasteiger partial charge in [0.05, 0.1) is 12.1 Å². The number of rotatable bonds is 7. The Bertz CT molecular complexity index is 428. The summed E-state index contributed by atoms with van der Waals surface area (Å²) >= 11 is 0. The summed E-state index contributed by atoms with van der Waals surface area (Å²) in [7, 11) is 0. The molecule has 1 rings (SSSR count). The second-order valence-corrected chi connectivity index (χ2v) is 5.43. The molecule has 1 amide bonds. The summed E-state index contributed by atoms with van der Waals surface area (Å²) in [4.78, 5) is 11.1. The summed E-state index contributed by atoms with van der Waals surface area (Å²) in [5, 5.41) is 0. The first-order valence-electron chi connectivity index (χ1n) is 6.65. The van der Waals surface area contributed by atoms with Crippen LogP contribution in [0.5, 0.6) is 5.75 Å². The topological polar surface area (TPSA) is 78.3 Å². The molecule has 4 heteroatoms. The summed E-state index contributed by atoms with van der Waals surface area (Å²) < 4.78 is 5.77. The minimum Gasteiger partial charge on any atom is -0.493 e. The first-order chi connectivity index (χ1) is 8.84. The van der Waals surface area contributed by atoms with Crippen molar-refractivity contribution < 1.29 is 9.53 Å². The Morgan fingerprint density at radius 3 is 2.58 bits per heavy atom. The molecule has 0 aliphatic rings. The summed E-state index contributed by atoms with van der Waals surface area (Å²) in [5.41, 5.74) is 11.2.